The van der Waals surface area contributed by atoms with Crippen molar-refractivity contribution in [3.05, 3.63) is 54.1 Å². The van der Waals surface area contributed by atoms with Crippen molar-refractivity contribution >= 4 is 0 Å². The lowest BCUT2D eigenvalue weighted by Gasteiger charge is -2.21. The van der Waals surface area contributed by atoms with Gasteiger partial charge in [-0.05, 0) is 48.6 Å². The van der Waals surface area contributed by atoms with Crippen molar-refractivity contribution in [2.45, 2.75) is 44.4 Å². The van der Waals surface area contributed by atoms with Gasteiger partial charge in [0, 0.05) is 5.56 Å². The average Bonchev–Trinajstić information content (AvgIpc) is 3.18. The summed E-state index contributed by atoms with van der Waals surface area (Å²) < 4.78 is 47.2. The zero-order valence-corrected chi connectivity index (χ0v) is 15.1. The van der Waals surface area contributed by atoms with E-state index in [0.29, 0.717) is 5.92 Å². The summed E-state index contributed by atoms with van der Waals surface area (Å²) in [6.07, 6.45) is 1.45. The topological polar surface area (TPSA) is 48.2 Å². The minimum absolute atomic E-state index is 0.0474. The van der Waals surface area contributed by atoms with Gasteiger partial charge in [-0.25, -0.2) is 0 Å². The van der Waals surface area contributed by atoms with E-state index in [2.05, 4.69) is 27.0 Å². The molecule has 0 saturated heterocycles. The maximum Gasteiger partial charge on any atom is 0.573 e. The van der Waals surface area contributed by atoms with Crippen LogP contribution in [0.3, 0.4) is 0 Å². The van der Waals surface area contributed by atoms with Gasteiger partial charge in [0.25, 0.3) is 5.89 Å². The molecule has 0 amide bonds. The molecule has 1 aliphatic carbocycles. The van der Waals surface area contributed by atoms with Crippen LogP contribution in [0.1, 0.15) is 43.6 Å². The maximum atomic E-state index is 12.6. The van der Waals surface area contributed by atoms with Crippen LogP contribution in [0.5, 0.6) is 5.75 Å². The number of hydrogen-bond donors (Lipinski definition) is 0. The maximum absolute atomic E-state index is 12.6. The Kier molecular flexibility index (Phi) is 5.07. The Labute approximate surface area is 160 Å². The van der Waals surface area contributed by atoms with Crippen LogP contribution >= 0.6 is 0 Å². The van der Waals surface area contributed by atoms with Crippen molar-refractivity contribution in [3.8, 4) is 28.6 Å². The van der Waals surface area contributed by atoms with E-state index in [-0.39, 0.29) is 23.0 Å². The van der Waals surface area contributed by atoms with Gasteiger partial charge in [-0.15, -0.1) is 13.2 Å². The number of rotatable bonds is 4. The van der Waals surface area contributed by atoms with Crippen LogP contribution in [0.2, 0.25) is 0 Å². The molecule has 1 fully saturated rings. The van der Waals surface area contributed by atoms with Gasteiger partial charge in [0.05, 0.1) is 5.56 Å². The fourth-order valence-electron chi connectivity index (χ4n) is 3.65. The molecule has 4 nitrogen and oxygen atoms in total. The van der Waals surface area contributed by atoms with Gasteiger partial charge in [-0.2, -0.15) is 4.98 Å². The van der Waals surface area contributed by atoms with Crippen molar-refractivity contribution in [3.63, 3.8) is 0 Å². The lowest BCUT2D eigenvalue weighted by Crippen LogP contribution is -2.17. The van der Waals surface area contributed by atoms with Gasteiger partial charge >= 0.3 is 6.36 Å². The third-order valence-corrected chi connectivity index (χ3v) is 5.01. The molecular weight excluding hydrogens is 369 g/mol. The molecule has 7 heteroatoms. The first-order valence-corrected chi connectivity index (χ1v) is 9.29. The van der Waals surface area contributed by atoms with Crippen molar-refractivity contribution in [2.75, 3.05) is 0 Å². The van der Waals surface area contributed by atoms with E-state index in [4.69, 9.17) is 4.52 Å². The molecule has 0 spiro atoms. The van der Waals surface area contributed by atoms with Crippen molar-refractivity contribution in [1.82, 2.24) is 10.1 Å². The number of ether oxygens (including phenoxy) is 1. The van der Waals surface area contributed by atoms with Gasteiger partial charge in [-0.3, -0.25) is 0 Å². The number of alkyl halides is 3. The standard InChI is InChI=1S/C21H19F3N2O2/c22-21(23,24)27-18-9-5-4-8-17(18)19-25-20(28-26-19)16-12-10-15(11-13-16)14-6-2-1-3-7-14/h4-5,8-14H,1-3,6-7H2. The molecule has 146 valence electrons. The van der Waals surface area contributed by atoms with E-state index in [1.54, 1.807) is 6.07 Å². The molecule has 1 aliphatic rings. The van der Waals surface area contributed by atoms with E-state index in [9.17, 15) is 13.2 Å². The molecule has 4 rings (SSSR count). The van der Waals surface area contributed by atoms with Gasteiger partial charge in [-0.1, -0.05) is 48.7 Å². The Morgan fingerprint density at radius 1 is 0.929 bits per heavy atom. The summed E-state index contributed by atoms with van der Waals surface area (Å²) >= 11 is 0. The smallest absolute Gasteiger partial charge is 0.405 e. The lowest BCUT2D eigenvalue weighted by atomic mass is 9.84. The molecule has 2 aromatic carbocycles. The Morgan fingerprint density at radius 2 is 1.64 bits per heavy atom. The number of aromatic nitrogens is 2. The largest absolute Gasteiger partial charge is 0.573 e. The molecule has 28 heavy (non-hydrogen) atoms. The first-order valence-electron chi connectivity index (χ1n) is 9.29. The number of nitrogens with zero attached hydrogens (tertiary/aromatic N) is 2. The molecule has 0 radical (unpaired) electrons. The predicted molar refractivity (Wildman–Crippen MR) is 97.7 cm³/mol. The highest BCUT2D eigenvalue weighted by molar-refractivity contribution is 5.66. The Balaban J connectivity index is 1.57. The highest BCUT2D eigenvalue weighted by Gasteiger charge is 2.32. The normalized spacial score (nSPS) is 15.5. The van der Waals surface area contributed by atoms with Crippen LogP contribution in [-0.4, -0.2) is 16.5 Å². The molecule has 0 unspecified atom stereocenters. The minimum atomic E-state index is -4.79. The van der Waals surface area contributed by atoms with Crippen LogP contribution < -0.4 is 4.74 Å². The molecule has 3 aromatic rings. The first kappa shape index (κ1) is 18.5. The second kappa shape index (κ2) is 7.66. The fraction of sp³-hybridized carbons (Fsp3) is 0.333. The van der Waals surface area contributed by atoms with E-state index in [1.165, 1.54) is 55.9 Å². The summed E-state index contributed by atoms with van der Waals surface area (Å²) in [6, 6.07) is 13.7. The predicted octanol–water partition coefficient (Wildman–Crippen LogP) is 6.35. The summed E-state index contributed by atoms with van der Waals surface area (Å²) in [5.41, 5.74) is 2.15. The van der Waals surface area contributed by atoms with E-state index >= 15 is 0 Å². The van der Waals surface area contributed by atoms with Gasteiger partial charge in [0.2, 0.25) is 5.82 Å². The average molecular weight is 388 g/mol. The third kappa shape index (κ3) is 4.18. The number of halogens is 3. The molecule has 0 bridgehead atoms. The van der Waals surface area contributed by atoms with Crippen LogP contribution in [0, 0.1) is 0 Å². The monoisotopic (exact) mass is 388 g/mol. The number of benzene rings is 2. The van der Waals surface area contributed by atoms with E-state index < -0.39 is 6.36 Å². The quantitative estimate of drug-likeness (QED) is 0.522. The minimum Gasteiger partial charge on any atom is -0.405 e. The second-order valence-electron chi connectivity index (χ2n) is 6.92. The van der Waals surface area contributed by atoms with Crippen LogP contribution in [0.4, 0.5) is 13.2 Å². The summed E-state index contributed by atoms with van der Waals surface area (Å²) in [5, 5.41) is 3.83. The first-order chi connectivity index (χ1) is 13.5. The zero-order chi connectivity index (χ0) is 19.6. The Hall–Kier alpha value is -2.83. The molecule has 1 heterocycles. The second-order valence-corrected chi connectivity index (χ2v) is 6.92. The molecular formula is C21H19F3N2O2. The number of hydrogen-bond acceptors (Lipinski definition) is 4. The Bertz CT molecular complexity index is 929. The third-order valence-electron chi connectivity index (χ3n) is 5.01. The molecule has 1 aromatic heterocycles. The molecule has 0 N–H and O–H groups in total. The zero-order valence-electron chi connectivity index (χ0n) is 15.1. The fourth-order valence-corrected chi connectivity index (χ4v) is 3.65. The summed E-state index contributed by atoms with van der Waals surface area (Å²) in [4.78, 5) is 4.26. The summed E-state index contributed by atoms with van der Waals surface area (Å²) in [5.74, 6) is 0.528. The molecule has 1 saturated carbocycles. The van der Waals surface area contributed by atoms with Crippen LogP contribution in [0.15, 0.2) is 53.1 Å². The highest BCUT2D eigenvalue weighted by Crippen LogP contribution is 2.35. The summed E-state index contributed by atoms with van der Waals surface area (Å²) in [7, 11) is 0. The molecule has 0 atom stereocenters. The summed E-state index contributed by atoms with van der Waals surface area (Å²) in [6.45, 7) is 0. The van der Waals surface area contributed by atoms with Crippen LogP contribution in [-0.2, 0) is 0 Å². The highest BCUT2D eigenvalue weighted by atomic mass is 19.4. The van der Waals surface area contributed by atoms with Crippen molar-refractivity contribution in [2.24, 2.45) is 0 Å². The van der Waals surface area contributed by atoms with Crippen molar-refractivity contribution < 1.29 is 22.4 Å². The van der Waals surface area contributed by atoms with Gasteiger partial charge in [0.15, 0.2) is 0 Å². The van der Waals surface area contributed by atoms with Gasteiger partial charge < -0.3 is 9.26 Å². The SMILES string of the molecule is FC(F)(F)Oc1ccccc1-c1noc(-c2ccc(C3CCCCC3)cc2)n1. The molecule has 0 aliphatic heterocycles. The van der Waals surface area contributed by atoms with Gasteiger partial charge in [0.1, 0.15) is 5.75 Å². The van der Waals surface area contributed by atoms with Crippen LogP contribution in [0.25, 0.3) is 22.8 Å². The Morgan fingerprint density at radius 3 is 2.36 bits per heavy atom. The van der Waals surface area contributed by atoms with E-state index in [0.717, 1.165) is 5.56 Å². The van der Waals surface area contributed by atoms with Crippen molar-refractivity contribution in [1.29, 1.82) is 0 Å². The van der Waals surface area contributed by atoms with E-state index in [1.807, 2.05) is 12.1 Å². The number of para-hydroxylation sites is 1. The lowest BCUT2D eigenvalue weighted by molar-refractivity contribution is -0.274.